The van der Waals surface area contributed by atoms with Gasteiger partial charge in [-0.15, -0.1) is 0 Å². The molecule has 1 fully saturated rings. The van der Waals surface area contributed by atoms with Crippen molar-refractivity contribution in [3.05, 3.63) is 60.2 Å². The Hall–Kier alpha value is -2.33. The summed E-state index contributed by atoms with van der Waals surface area (Å²) in [6, 6.07) is 19.0. The summed E-state index contributed by atoms with van der Waals surface area (Å²) in [5.74, 6) is 0.103. The minimum Gasteiger partial charge on any atom is -0.339 e. The molecular weight excluding hydrogens is 322 g/mol. The van der Waals surface area contributed by atoms with Gasteiger partial charge in [0.2, 0.25) is 0 Å². The van der Waals surface area contributed by atoms with Gasteiger partial charge in [-0.1, -0.05) is 24.3 Å². The molecule has 138 valence electrons. The largest absolute Gasteiger partial charge is 0.339 e. The standard InChI is InChI=1S/C22H29N3O/c1-3-24(4-2)22(26)18-10-8-13-20(16-18)25(19-11-6-5-7-12-19)21-14-9-15-23-17-21/h5-8,10-13,16,21,23H,3-4,9,14-15,17H2,1-2H3. The summed E-state index contributed by atoms with van der Waals surface area (Å²) in [6.45, 7) is 7.55. The van der Waals surface area contributed by atoms with Gasteiger partial charge in [0, 0.05) is 42.6 Å². The van der Waals surface area contributed by atoms with Crippen molar-refractivity contribution in [3.63, 3.8) is 0 Å². The number of hydrogen-bond donors (Lipinski definition) is 1. The van der Waals surface area contributed by atoms with Crippen LogP contribution < -0.4 is 10.2 Å². The molecule has 0 aromatic heterocycles. The number of anilines is 2. The maximum Gasteiger partial charge on any atom is 0.253 e. The molecule has 1 saturated heterocycles. The zero-order valence-corrected chi connectivity index (χ0v) is 15.8. The smallest absolute Gasteiger partial charge is 0.253 e. The molecule has 1 heterocycles. The van der Waals surface area contributed by atoms with E-state index < -0.39 is 0 Å². The van der Waals surface area contributed by atoms with Crippen LogP contribution in [0.15, 0.2) is 54.6 Å². The molecule has 0 radical (unpaired) electrons. The first-order valence-electron chi connectivity index (χ1n) is 9.69. The van der Waals surface area contributed by atoms with E-state index in [-0.39, 0.29) is 5.91 Å². The first-order valence-corrected chi connectivity index (χ1v) is 9.69. The number of amides is 1. The number of carbonyl (C=O) groups is 1. The maximum atomic E-state index is 12.8. The fraction of sp³-hybridized carbons (Fsp3) is 0.409. The Kier molecular flexibility index (Phi) is 6.29. The van der Waals surface area contributed by atoms with Crippen molar-refractivity contribution in [2.45, 2.75) is 32.7 Å². The topological polar surface area (TPSA) is 35.6 Å². The van der Waals surface area contributed by atoms with Crippen LogP contribution in [0.3, 0.4) is 0 Å². The van der Waals surface area contributed by atoms with Gasteiger partial charge in [-0.05, 0) is 63.6 Å². The molecule has 0 bridgehead atoms. The molecule has 1 amide bonds. The van der Waals surface area contributed by atoms with Gasteiger partial charge in [-0.25, -0.2) is 0 Å². The van der Waals surface area contributed by atoms with Crippen LogP contribution in [0.2, 0.25) is 0 Å². The average molecular weight is 351 g/mol. The lowest BCUT2D eigenvalue weighted by Gasteiger charge is -2.36. The summed E-state index contributed by atoms with van der Waals surface area (Å²) >= 11 is 0. The zero-order valence-electron chi connectivity index (χ0n) is 15.8. The predicted octanol–water partition coefficient (Wildman–Crippen LogP) is 4.06. The average Bonchev–Trinajstić information content (AvgIpc) is 2.71. The zero-order chi connectivity index (χ0) is 18.4. The Bertz CT molecular complexity index is 706. The molecular formula is C22H29N3O. The Morgan fingerprint density at radius 3 is 2.42 bits per heavy atom. The molecule has 1 aliphatic heterocycles. The number of para-hydroxylation sites is 1. The van der Waals surface area contributed by atoms with E-state index in [1.54, 1.807) is 0 Å². The molecule has 1 unspecified atom stereocenters. The van der Waals surface area contributed by atoms with Crippen molar-refractivity contribution in [2.75, 3.05) is 31.1 Å². The summed E-state index contributed by atoms with van der Waals surface area (Å²) < 4.78 is 0. The van der Waals surface area contributed by atoms with Gasteiger partial charge in [-0.2, -0.15) is 0 Å². The van der Waals surface area contributed by atoms with Gasteiger partial charge in [0.15, 0.2) is 0 Å². The highest BCUT2D eigenvalue weighted by Gasteiger charge is 2.24. The summed E-state index contributed by atoms with van der Waals surface area (Å²) in [4.78, 5) is 17.0. The molecule has 2 aromatic rings. The van der Waals surface area contributed by atoms with Crippen molar-refractivity contribution in [2.24, 2.45) is 0 Å². The molecule has 3 rings (SSSR count). The molecule has 0 spiro atoms. The fourth-order valence-electron chi connectivity index (χ4n) is 3.70. The summed E-state index contributed by atoms with van der Waals surface area (Å²) in [5, 5.41) is 3.51. The summed E-state index contributed by atoms with van der Waals surface area (Å²) in [7, 11) is 0. The lowest BCUT2D eigenvalue weighted by molar-refractivity contribution is 0.0773. The van der Waals surface area contributed by atoms with Gasteiger partial charge >= 0.3 is 0 Å². The Labute approximate surface area is 156 Å². The van der Waals surface area contributed by atoms with Crippen molar-refractivity contribution < 1.29 is 4.79 Å². The molecule has 1 atom stereocenters. The van der Waals surface area contributed by atoms with Crippen LogP contribution in [0.4, 0.5) is 11.4 Å². The molecule has 1 aliphatic rings. The third kappa shape index (κ3) is 4.07. The number of hydrogen-bond acceptors (Lipinski definition) is 3. The molecule has 26 heavy (non-hydrogen) atoms. The van der Waals surface area contributed by atoms with Crippen molar-refractivity contribution in [1.82, 2.24) is 10.2 Å². The monoisotopic (exact) mass is 351 g/mol. The lowest BCUT2D eigenvalue weighted by Crippen LogP contribution is -2.44. The van der Waals surface area contributed by atoms with E-state index in [0.717, 1.165) is 43.9 Å². The molecule has 4 heteroatoms. The van der Waals surface area contributed by atoms with Crippen LogP contribution in [-0.4, -0.2) is 43.0 Å². The number of nitrogens with one attached hydrogen (secondary N) is 1. The van der Waals surface area contributed by atoms with Gasteiger partial charge in [0.1, 0.15) is 0 Å². The van der Waals surface area contributed by atoms with Crippen LogP contribution >= 0.6 is 0 Å². The van der Waals surface area contributed by atoms with Gasteiger partial charge < -0.3 is 15.1 Å². The van der Waals surface area contributed by atoms with Crippen molar-refractivity contribution in [3.8, 4) is 0 Å². The van der Waals surface area contributed by atoms with Crippen LogP contribution in [-0.2, 0) is 0 Å². The highest BCUT2D eigenvalue weighted by atomic mass is 16.2. The van der Waals surface area contributed by atoms with Crippen molar-refractivity contribution >= 4 is 17.3 Å². The van der Waals surface area contributed by atoms with E-state index in [0.29, 0.717) is 6.04 Å². The van der Waals surface area contributed by atoms with E-state index >= 15 is 0 Å². The molecule has 0 saturated carbocycles. The van der Waals surface area contributed by atoms with E-state index in [9.17, 15) is 4.79 Å². The first kappa shape index (κ1) is 18.5. The molecule has 4 nitrogen and oxygen atoms in total. The number of piperidine rings is 1. The second kappa shape index (κ2) is 8.86. The number of carbonyl (C=O) groups excluding carboxylic acids is 1. The van der Waals surface area contributed by atoms with Crippen molar-refractivity contribution in [1.29, 1.82) is 0 Å². The molecule has 2 aromatic carbocycles. The fourth-order valence-corrected chi connectivity index (χ4v) is 3.70. The maximum absolute atomic E-state index is 12.8. The highest BCUT2D eigenvalue weighted by Crippen LogP contribution is 2.31. The van der Waals surface area contributed by atoms with E-state index in [1.165, 1.54) is 12.1 Å². The Balaban J connectivity index is 1.96. The minimum absolute atomic E-state index is 0.103. The summed E-state index contributed by atoms with van der Waals surface area (Å²) in [6.07, 6.45) is 2.32. The SMILES string of the molecule is CCN(CC)C(=O)c1cccc(N(c2ccccc2)C2CCCNC2)c1. The third-order valence-corrected chi connectivity index (χ3v) is 5.09. The van der Waals surface area contributed by atoms with Crippen LogP contribution in [0, 0.1) is 0 Å². The minimum atomic E-state index is 0.103. The number of rotatable bonds is 6. The lowest BCUT2D eigenvalue weighted by atomic mass is 10.0. The van der Waals surface area contributed by atoms with Crippen LogP contribution in [0.1, 0.15) is 37.0 Å². The highest BCUT2D eigenvalue weighted by molar-refractivity contribution is 5.95. The third-order valence-electron chi connectivity index (χ3n) is 5.09. The Morgan fingerprint density at radius 1 is 1.04 bits per heavy atom. The second-order valence-corrected chi connectivity index (χ2v) is 6.73. The Morgan fingerprint density at radius 2 is 1.77 bits per heavy atom. The van der Waals surface area contributed by atoms with Crippen LogP contribution in [0.5, 0.6) is 0 Å². The van der Waals surface area contributed by atoms with Gasteiger partial charge in [0.05, 0.1) is 0 Å². The molecule has 0 aliphatic carbocycles. The second-order valence-electron chi connectivity index (χ2n) is 6.73. The quantitative estimate of drug-likeness (QED) is 0.852. The molecule has 1 N–H and O–H groups in total. The normalized spacial score (nSPS) is 16.9. The van der Waals surface area contributed by atoms with Gasteiger partial charge in [0.25, 0.3) is 5.91 Å². The van der Waals surface area contributed by atoms with E-state index in [1.807, 2.05) is 43.0 Å². The predicted molar refractivity (Wildman–Crippen MR) is 108 cm³/mol. The van der Waals surface area contributed by atoms with Gasteiger partial charge in [-0.3, -0.25) is 4.79 Å². The van der Waals surface area contributed by atoms with E-state index in [2.05, 4.69) is 40.5 Å². The van der Waals surface area contributed by atoms with Crippen LogP contribution in [0.25, 0.3) is 0 Å². The van der Waals surface area contributed by atoms with E-state index in [4.69, 9.17) is 0 Å². The summed E-state index contributed by atoms with van der Waals surface area (Å²) in [5.41, 5.74) is 3.02. The number of nitrogens with zero attached hydrogens (tertiary/aromatic N) is 2. The number of benzene rings is 2. The first-order chi connectivity index (χ1) is 12.7.